The second-order valence-corrected chi connectivity index (χ2v) is 14.6. The predicted molar refractivity (Wildman–Crippen MR) is 174 cm³/mol. The molecule has 0 aromatic heterocycles. The number of hydrogen-bond acceptors (Lipinski definition) is 23. The maximum Gasteiger partial charge on any atom is 0.217 e. The van der Waals surface area contributed by atoms with Crippen molar-refractivity contribution in [1.29, 1.82) is 0 Å². The smallest absolute Gasteiger partial charge is 0.217 e. The highest BCUT2D eigenvalue weighted by Gasteiger charge is 2.56. The van der Waals surface area contributed by atoms with Gasteiger partial charge in [0.1, 0.15) is 104 Å². The monoisotopic (exact) mass is 821 g/mol. The maximum absolute atomic E-state index is 12.5. The van der Waals surface area contributed by atoms with Gasteiger partial charge in [0.25, 0.3) is 0 Å². The third-order valence-corrected chi connectivity index (χ3v) is 10.6. The SMILES string of the molecule is CC(=O)N[C@H]1[C@H](O[C@H]2[C@H](O[C@H]3[C@H](O[C@@H]4[C@H](O)[C@@H](O)[C@H](C)O[C@H]4O)O[C@@H](C)[C@H](O)[C@H]3O)O[C@@H](C)[C@H](O)[C@H]2O)O[C@H](CO)[C@@H](O)[C@@H]1O[C@H]1O[C@H](CO)[C@@H](O)[C@H](O)[C@H]1O. The van der Waals surface area contributed by atoms with E-state index >= 15 is 0 Å². The van der Waals surface area contributed by atoms with E-state index in [2.05, 4.69) is 5.32 Å². The molecule has 0 aliphatic carbocycles. The normalized spacial score (nSPS) is 53.1. The summed E-state index contributed by atoms with van der Waals surface area (Å²) in [6, 6.07) is -1.63. The van der Waals surface area contributed by atoms with Crippen molar-refractivity contribution in [1.82, 2.24) is 5.32 Å². The molecule has 0 bridgehead atoms. The molecule has 0 spiro atoms. The van der Waals surface area contributed by atoms with Gasteiger partial charge in [0.15, 0.2) is 31.5 Å². The Labute approximate surface area is 319 Å². The first-order chi connectivity index (χ1) is 26.3. The van der Waals surface area contributed by atoms with Crippen LogP contribution < -0.4 is 5.32 Å². The van der Waals surface area contributed by atoms with Gasteiger partial charge in [0.2, 0.25) is 5.91 Å². The van der Waals surface area contributed by atoms with Crippen LogP contribution in [0.2, 0.25) is 0 Å². The van der Waals surface area contributed by atoms with E-state index < -0.39 is 173 Å². The van der Waals surface area contributed by atoms with Crippen molar-refractivity contribution in [2.75, 3.05) is 13.2 Å². The van der Waals surface area contributed by atoms with Crippen molar-refractivity contribution in [3.63, 3.8) is 0 Å². The van der Waals surface area contributed by atoms with E-state index in [1.807, 2.05) is 0 Å². The molecule has 5 fully saturated rings. The van der Waals surface area contributed by atoms with E-state index in [-0.39, 0.29) is 0 Å². The molecular formula is C32H55NO23. The molecule has 5 aliphatic rings. The van der Waals surface area contributed by atoms with Crippen LogP contribution in [0.25, 0.3) is 0 Å². The van der Waals surface area contributed by atoms with Crippen molar-refractivity contribution < 1.29 is 114 Å². The number of carbonyl (C=O) groups excluding carboxylic acids is 1. The first kappa shape index (κ1) is 45.7. The third kappa shape index (κ3) is 9.31. The van der Waals surface area contributed by atoms with Crippen molar-refractivity contribution in [3.05, 3.63) is 0 Å². The average Bonchev–Trinajstić information content (AvgIpc) is 3.15. The number of carbonyl (C=O) groups is 1. The van der Waals surface area contributed by atoms with Crippen LogP contribution in [-0.4, -0.2) is 239 Å². The van der Waals surface area contributed by atoms with Gasteiger partial charge in [-0.25, -0.2) is 0 Å². The highest BCUT2D eigenvalue weighted by Crippen LogP contribution is 2.36. The van der Waals surface area contributed by atoms with Gasteiger partial charge in [-0.1, -0.05) is 0 Å². The quantitative estimate of drug-likeness (QED) is 0.0920. The molecule has 0 saturated carbocycles. The van der Waals surface area contributed by atoms with Crippen LogP contribution in [0.1, 0.15) is 27.7 Å². The lowest BCUT2D eigenvalue weighted by Gasteiger charge is -2.50. The van der Waals surface area contributed by atoms with Gasteiger partial charge in [0, 0.05) is 6.92 Å². The first-order valence-corrected chi connectivity index (χ1v) is 18.2. The molecule has 5 heterocycles. The van der Waals surface area contributed by atoms with Crippen molar-refractivity contribution >= 4 is 5.91 Å². The summed E-state index contributed by atoms with van der Waals surface area (Å²) in [6.07, 6.45) is -40.5. The number of aliphatic hydroxyl groups excluding tert-OH is 13. The van der Waals surface area contributed by atoms with Crippen LogP contribution >= 0.6 is 0 Å². The van der Waals surface area contributed by atoms with Crippen molar-refractivity contribution in [2.45, 2.75) is 181 Å². The Balaban J connectivity index is 1.44. The molecule has 24 nitrogen and oxygen atoms in total. The Morgan fingerprint density at radius 3 is 1.38 bits per heavy atom. The minimum absolute atomic E-state index is 0.771. The summed E-state index contributed by atoms with van der Waals surface area (Å²) in [5.74, 6) is -0.771. The van der Waals surface area contributed by atoms with Gasteiger partial charge in [-0.15, -0.1) is 0 Å². The Bertz CT molecular complexity index is 1270. The van der Waals surface area contributed by atoms with Crippen LogP contribution in [-0.2, 0) is 47.4 Å². The molecule has 1 amide bonds. The minimum atomic E-state index is -1.97. The van der Waals surface area contributed by atoms with Crippen LogP contribution in [0.15, 0.2) is 0 Å². The largest absolute Gasteiger partial charge is 0.394 e. The van der Waals surface area contributed by atoms with Crippen LogP contribution in [0.5, 0.6) is 0 Å². The van der Waals surface area contributed by atoms with E-state index in [0.717, 1.165) is 6.92 Å². The van der Waals surface area contributed by atoms with E-state index in [1.165, 1.54) is 20.8 Å². The predicted octanol–water partition coefficient (Wildman–Crippen LogP) is -8.70. The van der Waals surface area contributed by atoms with Gasteiger partial charge in [0.05, 0.1) is 31.5 Å². The van der Waals surface area contributed by atoms with Crippen molar-refractivity contribution in [2.24, 2.45) is 0 Å². The van der Waals surface area contributed by atoms with Crippen LogP contribution in [0, 0.1) is 0 Å². The zero-order valence-electron chi connectivity index (χ0n) is 30.7. The van der Waals surface area contributed by atoms with Crippen LogP contribution in [0.3, 0.4) is 0 Å². The fourth-order valence-corrected chi connectivity index (χ4v) is 7.21. The molecule has 326 valence electrons. The van der Waals surface area contributed by atoms with Gasteiger partial charge >= 0.3 is 0 Å². The number of nitrogens with one attached hydrogen (secondary N) is 1. The molecule has 5 rings (SSSR count). The highest BCUT2D eigenvalue weighted by molar-refractivity contribution is 5.73. The zero-order valence-corrected chi connectivity index (χ0v) is 30.7. The van der Waals surface area contributed by atoms with E-state index in [4.69, 9.17) is 42.6 Å². The van der Waals surface area contributed by atoms with E-state index in [1.54, 1.807) is 0 Å². The standard InChI is InChI=1S/C32H55NO23/c1-7-14(37)20(43)25(28(47)48-7)54-31-27(22(45)16(39)8(2)49-31)56-32-26(21(44)15(38)9(3)50-32)55-29-13(33-10(4)36)24(18(41)12(6-35)51-29)53-30-23(46)19(42)17(40)11(5-34)52-30/h7-9,11-32,34-35,37-47H,5-6H2,1-4H3,(H,33,36)/t7-,8-,9-,11+,12+,13+,14-,15-,16-,17+,18+,19-,20+,21+,22+,23+,24+,25+,26+,27+,28+,29-,30+,31-,32-/m0/s1. The summed E-state index contributed by atoms with van der Waals surface area (Å²) in [7, 11) is 0. The summed E-state index contributed by atoms with van der Waals surface area (Å²) >= 11 is 0. The summed E-state index contributed by atoms with van der Waals surface area (Å²) in [5, 5.41) is 140. The van der Waals surface area contributed by atoms with Crippen LogP contribution in [0.4, 0.5) is 0 Å². The summed E-state index contributed by atoms with van der Waals surface area (Å²) < 4.78 is 51.6. The summed E-state index contributed by atoms with van der Waals surface area (Å²) in [6.45, 7) is 3.41. The molecule has 5 saturated heterocycles. The Hall–Kier alpha value is -1.41. The Kier molecular flexibility index (Phi) is 15.4. The first-order valence-electron chi connectivity index (χ1n) is 18.2. The molecule has 0 unspecified atom stereocenters. The molecule has 24 heteroatoms. The van der Waals surface area contributed by atoms with E-state index in [0.29, 0.717) is 0 Å². The second kappa shape index (κ2) is 18.9. The fraction of sp³-hybridized carbons (Fsp3) is 0.969. The average molecular weight is 822 g/mol. The number of amides is 1. The van der Waals surface area contributed by atoms with Gasteiger partial charge in [-0.05, 0) is 20.8 Å². The van der Waals surface area contributed by atoms with E-state index in [9.17, 15) is 71.2 Å². The highest BCUT2D eigenvalue weighted by atomic mass is 16.8. The third-order valence-electron chi connectivity index (χ3n) is 10.6. The Morgan fingerprint density at radius 1 is 0.464 bits per heavy atom. The lowest BCUT2D eigenvalue weighted by Crippen LogP contribution is -2.70. The molecule has 25 atom stereocenters. The lowest BCUT2D eigenvalue weighted by molar-refractivity contribution is -0.400. The number of rotatable bonds is 11. The molecular weight excluding hydrogens is 766 g/mol. The molecule has 0 radical (unpaired) electrons. The maximum atomic E-state index is 12.5. The number of hydrogen-bond donors (Lipinski definition) is 14. The van der Waals surface area contributed by atoms with Crippen molar-refractivity contribution in [3.8, 4) is 0 Å². The fourth-order valence-electron chi connectivity index (χ4n) is 7.21. The Morgan fingerprint density at radius 2 is 0.875 bits per heavy atom. The number of aliphatic hydroxyl groups is 13. The minimum Gasteiger partial charge on any atom is -0.394 e. The molecule has 5 aliphatic heterocycles. The topological polar surface area (TPSA) is 375 Å². The van der Waals surface area contributed by atoms with Gasteiger partial charge in [-0.2, -0.15) is 0 Å². The van der Waals surface area contributed by atoms with Gasteiger partial charge in [-0.3, -0.25) is 4.79 Å². The number of ether oxygens (including phenoxy) is 9. The van der Waals surface area contributed by atoms with Gasteiger partial charge < -0.3 is 114 Å². The summed E-state index contributed by atoms with van der Waals surface area (Å²) in [4.78, 5) is 12.5. The molecule has 56 heavy (non-hydrogen) atoms. The molecule has 0 aromatic rings. The second-order valence-electron chi connectivity index (χ2n) is 14.6. The molecule has 14 N–H and O–H groups in total. The summed E-state index contributed by atoms with van der Waals surface area (Å²) in [5.41, 5.74) is 0. The lowest BCUT2D eigenvalue weighted by atomic mass is 9.94. The zero-order chi connectivity index (χ0) is 41.5. The molecule has 0 aromatic carbocycles.